The van der Waals surface area contributed by atoms with Crippen LogP contribution in [-0.2, 0) is 0 Å². The zero-order valence-corrected chi connectivity index (χ0v) is 21.2. The molecule has 0 unspecified atom stereocenters. The summed E-state index contributed by atoms with van der Waals surface area (Å²) in [6.07, 6.45) is 4.23. The Morgan fingerprint density at radius 2 is 1.78 bits per heavy atom. The number of fused-ring (bicyclic) bond motifs is 1. The molecule has 0 bridgehead atoms. The van der Waals surface area contributed by atoms with E-state index in [0.29, 0.717) is 40.5 Å². The number of hydrogen-bond acceptors (Lipinski definition) is 6. The number of rotatable bonds is 8. The molecule has 9 heteroatoms. The number of hydrogen-bond donors (Lipinski definition) is 2. The molecule has 0 atom stereocenters. The predicted molar refractivity (Wildman–Crippen MR) is 137 cm³/mol. The molecular formula is C27H33N3O6. The standard InChI is InChI=1S/C27H33N3O6/c1-16-12-18(25-28-21-14-20(34-3)15-22(35-4)23(21)26(31)29-25)13-17(2)24(16)36-11-10-30(27(32)33)19-8-6-5-7-9-19/h12-15,19H,5-11H2,1-4H3,(H,32,33)(H,28,29,31). The third-order valence-electron chi connectivity index (χ3n) is 6.78. The van der Waals surface area contributed by atoms with Gasteiger partial charge in [-0.25, -0.2) is 9.78 Å². The number of nitrogens with zero attached hydrogens (tertiary/aromatic N) is 2. The van der Waals surface area contributed by atoms with Crippen molar-refractivity contribution in [3.8, 4) is 28.6 Å². The number of aromatic amines is 1. The van der Waals surface area contributed by atoms with E-state index in [1.165, 1.54) is 18.4 Å². The maximum absolute atomic E-state index is 12.9. The molecule has 1 aliphatic carbocycles. The van der Waals surface area contributed by atoms with Gasteiger partial charge in [0.1, 0.15) is 35.1 Å². The highest BCUT2D eigenvalue weighted by Crippen LogP contribution is 2.32. The van der Waals surface area contributed by atoms with Gasteiger partial charge in [-0.3, -0.25) is 4.79 Å². The Morgan fingerprint density at radius 1 is 1.08 bits per heavy atom. The van der Waals surface area contributed by atoms with Crippen LogP contribution in [0.25, 0.3) is 22.3 Å². The van der Waals surface area contributed by atoms with Gasteiger partial charge in [0.15, 0.2) is 0 Å². The Kier molecular flexibility index (Phi) is 7.67. The number of carbonyl (C=O) groups is 1. The Labute approximate surface area is 210 Å². The van der Waals surface area contributed by atoms with Crippen molar-refractivity contribution in [3.63, 3.8) is 0 Å². The van der Waals surface area contributed by atoms with Crippen LogP contribution in [-0.4, -0.2) is 59.5 Å². The molecule has 1 saturated carbocycles. The molecule has 4 rings (SSSR count). The Hall–Kier alpha value is -3.75. The molecule has 2 aromatic carbocycles. The van der Waals surface area contributed by atoms with Crippen molar-refractivity contribution in [1.82, 2.24) is 14.9 Å². The van der Waals surface area contributed by atoms with Crippen molar-refractivity contribution < 1.29 is 24.1 Å². The van der Waals surface area contributed by atoms with Gasteiger partial charge in [0.2, 0.25) is 0 Å². The van der Waals surface area contributed by atoms with Crippen LogP contribution in [0.3, 0.4) is 0 Å². The average molecular weight is 496 g/mol. The van der Waals surface area contributed by atoms with Crippen LogP contribution in [0.4, 0.5) is 4.79 Å². The van der Waals surface area contributed by atoms with E-state index in [1.807, 2.05) is 26.0 Å². The second-order valence-electron chi connectivity index (χ2n) is 9.19. The molecule has 3 aromatic rings. The highest BCUT2D eigenvalue weighted by Gasteiger charge is 2.25. The summed E-state index contributed by atoms with van der Waals surface area (Å²) in [6, 6.07) is 7.23. The summed E-state index contributed by atoms with van der Waals surface area (Å²) in [4.78, 5) is 33.7. The van der Waals surface area contributed by atoms with E-state index in [9.17, 15) is 14.7 Å². The monoisotopic (exact) mass is 495 g/mol. The molecule has 0 aliphatic heterocycles. The van der Waals surface area contributed by atoms with Crippen LogP contribution in [0.2, 0.25) is 0 Å². The van der Waals surface area contributed by atoms with Gasteiger partial charge in [-0.15, -0.1) is 0 Å². The molecule has 2 N–H and O–H groups in total. The number of nitrogens with one attached hydrogen (secondary N) is 1. The van der Waals surface area contributed by atoms with Crippen molar-refractivity contribution in [3.05, 3.63) is 45.7 Å². The highest BCUT2D eigenvalue weighted by molar-refractivity contribution is 5.87. The van der Waals surface area contributed by atoms with Crippen LogP contribution < -0.4 is 19.8 Å². The lowest BCUT2D eigenvalue weighted by atomic mass is 9.94. The van der Waals surface area contributed by atoms with Gasteiger partial charge >= 0.3 is 6.09 Å². The molecule has 0 spiro atoms. The number of aromatic nitrogens is 2. The summed E-state index contributed by atoms with van der Waals surface area (Å²) in [6.45, 7) is 4.44. The van der Waals surface area contributed by atoms with E-state index in [2.05, 4.69) is 9.97 Å². The minimum Gasteiger partial charge on any atom is -0.497 e. The Bertz CT molecular complexity index is 1290. The minimum absolute atomic E-state index is 0.0671. The van der Waals surface area contributed by atoms with Crippen molar-refractivity contribution in [1.29, 1.82) is 0 Å². The third kappa shape index (κ3) is 5.24. The van der Waals surface area contributed by atoms with Gasteiger partial charge in [0.25, 0.3) is 5.56 Å². The van der Waals surface area contributed by atoms with E-state index >= 15 is 0 Å². The number of ether oxygens (including phenoxy) is 3. The van der Waals surface area contributed by atoms with Crippen molar-refractivity contribution >= 4 is 17.0 Å². The largest absolute Gasteiger partial charge is 0.497 e. The summed E-state index contributed by atoms with van der Waals surface area (Å²) < 4.78 is 16.7. The third-order valence-corrected chi connectivity index (χ3v) is 6.78. The minimum atomic E-state index is -0.895. The first kappa shape index (κ1) is 25.3. The summed E-state index contributed by atoms with van der Waals surface area (Å²) >= 11 is 0. The van der Waals surface area contributed by atoms with Gasteiger partial charge in [0, 0.05) is 23.7 Å². The van der Waals surface area contributed by atoms with Gasteiger partial charge in [0.05, 0.1) is 26.3 Å². The van der Waals surface area contributed by atoms with E-state index in [1.54, 1.807) is 19.2 Å². The fourth-order valence-corrected chi connectivity index (χ4v) is 5.01. The predicted octanol–water partition coefficient (Wildman–Crippen LogP) is 4.92. The second kappa shape index (κ2) is 10.9. The molecule has 1 amide bonds. The van der Waals surface area contributed by atoms with Crippen molar-refractivity contribution in [2.75, 3.05) is 27.4 Å². The molecular weight excluding hydrogens is 462 g/mol. The van der Waals surface area contributed by atoms with Crippen LogP contribution in [0, 0.1) is 13.8 Å². The number of amides is 1. The van der Waals surface area contributed by atoms with Crippen LogP contribution in [0.15, 0.2) is 29.1 Å². The smallest absolute Gasteiger partial charge is 0.407 e. The topological polar surface area (TPSA) is 114 Å². The zero-order chi connectivity index (χ0) is 25.8. The first-order valence-corrected chi connectivity index (χ1v) is 12.2. The summed E-state index contributed by atoms with van der Waals surface area (Å²) in [5.41, 5.74) is 2.65. The molecule has 1 aliphatic rings. The molecule has 9 nitrogen and oxygen atoms in total. The van der Waals surface area contributed by atoms with E-state index < -0.39 is 6.09 Å². The number of H-pyrrole nitrogens is 1. The summed E-state index contributed by atoms with van der Waals surface area (Å²) in [5, 5.41) is 10.0. The SMILES string of the molecule is COc1cc(OC)c2c(=O)[nH]c(-c3cc(C)c(OCCN(C(=O)O)C4CCCCC4)c(C)c3)nc2c1. The molecule has 192 valence electrons. The van der Waals surface area contributed by atoms with E-state index in [-0.39, 0.29) is 18.2 Å². The van der Waals surface area contributed by atoms with Gasteiger partial charge in [-0.05, 0) is 49.9 Å². The van der Waals surface area contributed by atoms with Gasteiger partial charge in [-0.1, -0.05) is 19.3 Å². The van der Waals surface area contributed by atoms with Crippen molar-refractivity contribution in [2.45, 2.75) is 52.0 Å². The summed E-state index contributed by atoms with van der Waals surface area (Å²) in [7, 11) is 3.04. The van der Waals surface area contributed by atoms with E-state index in [4.69, 9.17) is 14.2 Å². The number of methoxy groups -OCH3 is 2. The number of carboxylic acid groups (broad SMARTS) is 1. The van der Waals surface area contributed by atoms with Gasteiger partial charge in [-0.2, -0.15) is 0 Å². The van der Waals surface area contributed by atoms with Crippen LogP contribution in [0.1, 0.15) is 43.2 Å². The second-order valence-corrected chi connectivity index (χ2v) is 9.19. The molecule has 1 heterocycles. The molecule has 1 fully saturated rings. The molecule has 0 saturated heterocycles. The van der Waals surface area contributed by atoms with Crippen molar-refractivity contribution in [2.24, 2.45) is 0 Å². The number of benzene rings is 2. The fraction of sp³-hybridized carbons (Fsp3) is 0.444. The van der Waals surface area contributed by atoms with Gasteiger partial charge < -0.3 is 29.2 Å². The van der Waals surface area contributed by atoms with E-state index in [0.717, 1.165) is 42.4 Å². The lowest BCUT2D eigenvalue weighted by molar-refractivity contribution is 0.100. The highest BCUT2D eigenvalue weighted by atomic mass is 16.5. The maximum Gasteiger partial charge on any atom is 0.407 e. The molecule has 1 aromatic heterocycles. The van der Waals surface area contributed by atoms with Crippen LogP contribution >= 0.6 is 0 Å². The number of aryl methyl sites for hydroxylation is 2. The quantitative estimate of drug-likeness (QED) is 0.456. The maximum atomic E-state index is 12.9. The van der Waals surface area contributed by atoms with Crippen LogP contribution in [0.5, 0.6) is 17.2 Å². The fourth-order valence-electron chi connectivity index (χ4n) is 5.01. The summed E-state index contributed by atoms with van der Waals surface area (Å²) in [5.74, 6) is 2.07. The lowest BCUT2D eigenvalue weighted by Crippen LogP contribution is -2.42. The average Bonchev–Trinajstić information content (AvgIpc) is 2.87. The normalized spacial score (nSPS) is 14.0. The first-order valence-electron chi connectivity index (χ1n) is 12.2. The first-order chi connectivity index (χ1) is 17.3. The molecule has 36 heavy (non-hydrogen) atoms. The molecule has 0 radical (unpaired) electrons. The zero-order valence-electron chi connectivity index (χ0n) is 21.2. The Morgan fingerprint density at radius 3 is 2.39 bits per heavy atom. The lowest BCUT2D eigenvalue weighted by Gasteiger charge is -2.32. The Balaban J connectivity index is 1.57.